The number of benzene rings is 1. The fourth-order valence-corrected chi connectivity index (χ4v) is 2.93. The highest BCUT2D eigenvalue weighted by atomic mass is 16.5. The molecule has 0 bridgehead atoms. The van der Waals surface area contributed by atoms with E-state index in [4.69, 9.17) is 18.6 Å². The van der Waals surface area contributed by atoms with Crippen molar-refractivity contribution in [3.05, 3.63) is 54.4 Å². The van der Waals surface area contributed by atoms with E-state index < -0.39 is 5.91 Å². The number of rotatable bonds is 6. The van der Waals surface area contributed by atoms with Crippen LogP contribution in [-0.4, -0.2) is 42.2 Å². The average Bonchev–Trinajstić information content (AvgIpc) is 3.22. The zero-order valence-electron chi connectivity index (χ0n) is 16.5. The summed E-state index contributed by atoms with van der Waals surface area (Å²) in [5, 5.41) is 2.76. The van der Waals surface area contributed by atoms with Gasteiger partial charge in [-0.2, -0.15) is 4.98 Å². The summed E-state index contributed by atoms with van der Waals surface area (Å²) in [4.78, 5) is 25.5. The molecule has 0 radical (unpaired) electrons. The predicted molar refractivity (Wildman–Crippen MR) is 109 cm³/mol. The Labute approximate surface area is 171 Å². The molecule has 3 aromatic heterocycles. The Bertz CT molecular complexity index is 1160. The lowest BCUT2D eigenvalue weighted by atomic mass is 10.1. The molecule has 1 amide bonds. The number of oxazole rings is 1. The van der Waals surface area contributed by atoms with E-state index in [0.29, 0.717) is 51.3 Å². The second-order valence-corrected chi connectivity index (χ2v) is 6.14. The third-order valence-electron chi connectivity index (χ3n) is 4.34. The molecule has 1 aromatic carbocycles. The van der Waals surface area contributed by atoms with Crippen molar-refractivity contribution >= 4 is 23.0 Å². The third kappa shape index (κ3) is 3.60. The number of aromatic nitrogens is 3. The lowest BCUT2D eigenvalue weighted by Crippen LogP contribution is -2.13. The highest BCUT2D eigenvalue weighted by molar-refractivity contribution is 6.04. The Morgan fingerprint density at radius 1 is 0.967 bits per heavy atom. The van der Waals surface area contributed by atoms with Crippen LogP contribution in [0, 0.1) is 0 Å². The molecule has 0 spiro atoms. The Morgan fingerprint density at radius 3 is 2.40 bits per heavy atom. The molecule has 152 valence electrons. The molecule has 0 atom stereocenters. The van der Waals surface area contributed by atoms with Gasteiger partial charge in [-0.1, -0.05) is 0 Å². The van der Waals surface area contributed by atoms with E-state index in [2.05, 4.69) is 20.3 Å². The van der Waals surface area contributed by atoms with E-state index >= 15 is 0 Å². The first-order valence-corrected chi connectivity index (χ1v) is 8.92. The number of nitrogens with zero attached hydrogens (tertiary/aromatic N) is 3. The molecule has 0 aliphatic carbocycles. The van der Waals surface area contributed by atoms with Crippen LogP contribution in [0.1, 0.15) is 10.4 Å². The topological polar surface area (TPSA) is 109 Å². The van der Waals surface area contributed by atoms with Gasteiger partial charge >= 0.3 is 0 Å². The van der Waals surface area contributed by atoms with E-state index in [1.807, 2.05) is 0 Å². The molecular formula is C21H18N4O5. The molecule has 0 aliphatic rings. The second kappa shape index (κ2) is 8.08. The average molecular weight is 406 g/mol. The highest BCUT2D eigenvalue weighted by Crippen LogP contribution is 2.38. The van der Waals surface area contributed by atoms with Crippen molar-refractivity contribution in [3.63, 3.8) is 0 Å². The monoisotopic (exact) mass is 406 g/mol. The fraction of sp³-hybridized carbons (Fsp3) is 0.143. The molecule has 0 saturated heterocycles. The van der Waals surface area contributed by atoms with Gasteiger partial charge in [0.1, 0.15) is 5.82 Å². The van der Waals surface area contributed by atoms with Crippen molar-refractivity contribution in [2.45, 2.75) is 0 Å². The number of nitrogens with one attached hydrogen (secondary N) is 1. The normalized spacial score (nSPS) is 10.6. The van der Waals surface area contributed by atoms with Crippen LogP contribution in [0.4, 0.5) is 5.82 Å². The van der Waals surface area contributed by atoms with Crippen LogP contribution < -0.4 is 19.5 Å². The largest absolute Gasteiger partial charge is 0.493 e. The summed E-state index contributed by atoms with van der Waals surface area (Å²) in [6.07, 6.45) is 3.20. The molecule has 4 rings (SSSR count). The van der Waals surface area contributed by atoms with Crippen molar-refractivity contribution < 1.29 is 23.4 Å². The van der Waals surface area contributed by atoms with Crippen LogP contribution in [0.5, 0.6) is 17.2 Å². The van der Waals surface area contributed by atoms with E-state index in [1.54, 1.807) is 48.8 Å². The van der Waals surface area contributed by atoms with Crippen molar-refractivity contribution in [1.29, 1.82) is 0 Å². The molecule has 9 heteroatoms. The van der Waals surface area contributed by atoms with Gasteiger partial charge in [0.25, 0.3) is 5.91 Å². The molecule has 0 saturated carbocycles. The summed E-state index contributed by atoms with van der Waals surface area (Å²) >= 11 is 0. The smallest absolute Gasteiger partial charge is 0.257 e. The third-order valence-corrected chi connectivity index (χ3v) is 4.34. The Balaban J connectivity index is 1.62. The molecule has 0 fully saturated rings. The number of carbonyl (C=O) groups is 1. The SMILES string of the molecule is COc1cc(C(=O)Nc2cc(-c3nc4ncccc4o3)ccn2)cc(OC)c1OC. The van der Waals surface area contributed by atoms with Crippen molar-refractivity contribution in [3.8, 4) is 28.7 Å². The maximum Gasteiger partial charge on any atom is 0.257 e. The first-order chi connectivity index (χ1) is 14.6. The minimum Gasteiger partial charge on any atom is -0.493 e. The number of fused-ring (bicyclic) bond motifs is 1. The summed E-state index contributed by atoms with van der Waals surface area (Å²) in [5.41, 5.74) is 2.06. The summed E-state index contributed by atoms with van der Waals surface area (Å²) in [6, 6.07) is 10.1. The number of carbonyl (C=O) groups excluding carboxylic acids is 1. The summed E-state index contributed by atoms with van der Waals surface area (Å²) in [7, 11) is 4.47. The summed E-state index contributed by atoms with van der Waals surface area (Å²) < 4.78 is 21.6. The van der Waals surface area contributed by atoms with Gasteiger partial charge in [-0.25, -0.2) is 9.97 Å². The lowest BCUT2D eigenvalue weighted by molar-refractivity contribution is 0.102. The maximum absolute atomic E-state index is 12.8. The van der Waals surface area contributed by atoms with Crippen LogP contribution in [0.3, 0.4) is 0 Å². The van der Waals surface area contributed by atoms with E-state index in [0.717, 1.165) is 0 Å². The minimum atomic E-state index is -0.391. The first-order valence-electron chi connectivity index (χ1n) is 8.92. The van der Waals surface area contributed by atoms with Gasteiger partial charge < -0.3 is 23.9 Å². The van der Waals surface area contributed by atoms with Crippen molar-refractivity contribution in [2.24, 2.45) is 0 Å². The van der Waals surface area contributed by atoms with Gasteiger partial charge in [-0.05, 0) is 36.4 Å². The number of hydrogen-bond donors (Lipinski definition) is 1. The minimum absolute atomic E-state index is 0.322. The number of anilines is 1. The Morgan fingerprint density at radius 2 is 1.73 bits per heavy atom. The maximum atomic E-state index is 12.8. The van der Waals surface area contributed by atoms with Gasteiger partial charge in [-0.15, -0.1) is 0 Å². The molecule has 1 N–H and O–H groups in total. The zero-order chi connectivity index (χ0) is 21.1. The fourth-order valence-electron chi connectivity index (χ4n) is 2.93. The Kier molecular flexibility index (Phi) is 5.17. The molecule has 3 heterocycles. The van der Waals surface area contributed by atoms with Gasteiger partial charge in [0.05, 0.1) is 21.3 Å². The predicted octanol–water partition coefficient (Wildman–Crippen LogP) is 3.56. The number of ether oxygens (including phenoxy) is 3. The quantitative estimate of drug-likeness (QED) is 0.518. The molecular weight excluding hydrogens is 388 g/mol. The number of hydrogen-bond acceptors (Lipinski definition) is 8. The highest BCUT2D eigenvalue weighted by Gasteiger charge is 2.18. The van der Waals surface area contributed by atoms with E-state index in [1.165, 1.54) is 21.3 Å². The zero-order valence-corrected chi connectivity index (χ0v) is 16.5. The number of amides is 1. The second-order valence-electron chi connectivity index (χ2n) is 6.14. The summed E-state index contributed by atoms with van der Waals surface area (Å²) in [5.74, 6) is 1.49. The van der Waals surface area contributed by atoms with Crippen LogP contribution >= 0.6 is 0 Å². The van der Waals surface area contributed by atoms with Gasteiger partial charge in [0, 0.05) is 23.5 Å². The van der Waals surface area contributed by atoms with Gasteiger partial charge in [-0.3, -0.25) is 4.79 Å². The summed E-state index contributed by atoms with van der Waals surface area (Å²) in [6.45, 7) is 0. The van der Waals surface area contributed by atoms with Crippen LogP contribution in [0.2, 0.25) is 0 Å². The van der Waals surface area contributed by atoms with Gasteiger partial charge in [0.15, 0.2) is 22.7 Å². The molecule has 0 unspecified atom stereocenters. The standard InChI is InChI=1S/C21H18N4O5/c1-27-15-9-13(10-16(28-2)18(15)29-3)20(26)24-17-11-12(6-8-22-17)21-25-19-14(30-21)5-4-7-23-19/h4-11H,1-3H3,(H,22,24,26). The Hall–Kier alpha value is -4.14. The van der Waals surface area contributed by atoms with Crippen LogP contribution in [0.25, 0.3) is 22.7 Å². The van der Waals surface area contributed by atoms with Gasteiger partial charge in [0.2, 0.25) is 11.6 Å². The number of pyridine rings is 2. The van der Waals surface area contributed by atoms with E-state index in [9.17, 15) is 4.79 Å². The molecule has 30 heavy (non-hydrogen) atoms. The number of methoxy groups -OCH3 is 3. The molecule has 9 nitrogen and oxygen atoms in total. The van der Waals surface area contributed by atoms with Crippen molar-refractivity contribution in [2.75, 3.05) is 26.6 Å². The van der Waals surface area contributed by atoms with Crippen LogP contribution in [-0.2, 0) is 0 Å². The lowest BCUT2D eigenvalue weighted by Gasteiger charge is -2.14. The first kappa shape index (κ1) is 19.2. The van der Waals surface area contributed by atoms with Crippen molar-refractivity contribution in [1.82, 2.24) is 15.0 Å². The molecule has 4 aromatic rings. The van der Waals surface area contributed by atoms with Crippen LogP contribution in [0.15, 0.2) is 53.2 Å². The van der Waals surface area contributed by atoms with E-state index in [-0.39, 0.29) is 0 Å². The molecule has 0 aliphatic heterocycles.